The van der Waals surface area contributed by atoms with Crippen LogP contribution in [0.3, 0.4) is 0 Å². The zero-order chi connectivity index (χ0) is 15.2. The first-order chi connectivity index (χ1) is 10.2. The quantitative estimate of drug-likeness (QED) is 0.753. The zero-order valence-corrected chi connectivity index (χ0v) is 12.1. The molecule has 0 aromatic heterocycles. The molecule has 114 valence electrons. The molecule has 0 bridgehead atoms. The molecule has 2 rings (SSSR count). The molecular formula is C16H20FNO3. The molecule has 1 fully saturated rings. The minimum Gasteiger partial charge on any atom is -0.366 e. The van der Waals surface area contributed by atoms with Gasteiger partial charge in [0.1, 0.15) is 18.2 Å². The van der Waals surface area contributed by atoms with Gasteiger partial charge in [-0.3, -0.25) is 4.79 Å². The molecule has 4 nitrogen and oxygen atoms in total. The van der Waals surface area contributed by atoms with Crippen LogP contribution in [-0.2, 0) is 20.7 Å². The predicted molar refractivity (Wildman–Crippen MR) is 76.3 cm³/mol. The molecule has 1 aromatic carbocycles. The minimum atomic E-state index is -0.594. The van der Waals surface area contributed by atoms with Crippen molar-refractivity contribution in [3.8, 4) is 0 Å². The van der Waals surface area contributed by atoms with Gasteiger partial charge in [0.2, 0.25) is 0 Å². The van der Waals surface area contributed by atoms with Crippen LogP contribution in [0.15, 0.2) is 24.3 Å². The summed E-state index contributed by atoms with van der Waals surface area (Å²) in [5.41, 5.74) is 0.842. The smallest absolute Gasteiger partial charge is 0.252 e. The average molecular weight is 293 g/mol. The van der Waals surface area contributed by atoms with Gasteiger partial charge in [0.25, 0.3) is 5.91 Å². The van der Waals surface area contributed by atoms with Crippen LogP contribution in [0.4, 0.5) is 4.39 Å². The van der Waals surface area contributed by atoms with Gasteiger partial charge in [-0.15, -0.1) is 0 Å². The van der Waals surface area contributed by atoms with Gasteiger partial charge in [-0.25, -0.2) is 4.39 Å². The van der Waals surface area contributed by atoms with E-state index in [9.17, 15) is 14.0 Å². The first-order valence-electron chi connectivity index (χ1n) is 7.27. The Morgan fingerprint density at radius 2 is 2.14 bits per heavy atom. The highest BCUT2D eigenvalue weighted by Crippen LogP contribution is 2.17. The molecule has 0 saturated carbocycles. The normalized spacial score (nSPS) is 20.4. The van der Waals surface area contributed by atoms with E-state index in [-0.39, 0.29) is 17.8 Å². The van der Waals surface area contributed by atoms with Crippen LogP contribution in [0.25, 0.3) is 0 Å². The monoisotopic (exact) mass is 293 g/mol. The number of hydrogen-bond acceptors (Lipinski definition) is 3. The molecule has 1 saturated heterocycles. The number of morpholine rings is 1. The lowest BCUT2D eigenvalue weighted by Gasteiger charge is -2.35. The minimum absolute atomic E-state index is 0.156. The third kappa shape index (κ3) is 3.88. The molecule has 1 aliphatic heterocycles. The summed E-state index contributed by atoms with van der Waals surface area (Å²) < 4.78 is 18.4. The molecule has 1 aliphatic rings. The van der Waals surface area contributed by atoms with Crippen molar-refractivity contribution in [2.45, 2.75) is 38.3 Å². The molecular weight excluding hydrogens is 273 g/mol. The molecule has 0 spiro atoms. The summed E-state index contributed by atoms with van der Waals surface area (Å²) in [6, 6.07) is 5.65. The van der Waals surface area contributed by atoms with Gasteiger partial charge in [0.15, 0.2) is 0 Å². The van der Waals surface area contributed by atoms with E-state index in [1.807, 2.05) is 6.92 Å². The number of rotatable bonds is 6. The Bertz CT molecular complexity index is 489. The first-order valence-corrected chi connectivity index (χ1v) is 7.27. The maximum absolute atomic E-state index is 12.9. The van der Waals surface area contributed by atoms with Gasteiger partial charge in [0.05, 0.1) is 12.6 Å². The van der Waals surface area contributed by atoms with E-state index >= 15 is 0 Å². The summed E-state index contributed by atoms with van der Waals surface area (Å²) in [7, 11) is 0. The fraction of sp³-hybridized carbons (Fsp3) is 0.500. The molecule has 0 N–H and O–H groups in total. The second kappa shape index (κ2) is 7.31. The Balaban J connectivity index is 2.05. The van der Waals surface area contributed by atoms with E-state index in [0.717, 1.165) is 18.3 Å². The van der Waals surface area contributed by atoms with Gasteiger partial charge < -0.3 is 14.4 Å². The van der Waals surface area contributed by atoms with Crippen LogP contribution >= 0.6 is 0 Å². The molecule has 2 unspecified atom stereocenters. The number of carbonyl (C=O) groups is 2. The van der Waals surface area contributed by atoms with Crippen molar-refractivity contribution in [2.24, 2.45) is 0 Å². The van der Waals surface area contributed by atoms with Crippen LogP contribution in [0.1, 0.15) is 25.3 Å². The second-order valence-electron chi connectivity index (χ2n) is 5.21. The maximum Gasteiger partial charge on any atom is 0.252 e. The summed E-state index contributed by atoms with van der Waals surface area (Å²) in [5, 5.41) is 0. The molecule has 21 heavy (non-hydrogen) atoms. The first kappa shape index (κ1) is 15.6. The van der Waals surface area contributed by atoms with E-state index in [2.05, 4.69) is 0 Å². The van der Waals surface area contributed by atoms with Crippen LogP contribution in [0.2, 0.25) is 0 Å². The Labute approximate surface area is 123 Å². The number of halogens is 1. The zero-order valence-electron chi connectivity index (χ0n) is 12.1. The van der Waals surface area contributed by atoms with Crippen molar-refractivity contribution >= 4 is 12.2 Å². The highest BCUT2D eigenvalue weighted by molar-refractivity contribution is 5.84. The average Bonchev–Trinajstić information content (AvgIpc) is 2.49. The third-order valence-corrected chi connectivity index (χ3v) is 3.69. The van der Waals surface area contributed by atoms with Gasteiger partial charge in [-0.1, -0.05) is 25.5 Å². The summed E-state index contributed by atoms with van der Waals surface area (Å²) in [5.74, 6) is -0.462. The van der Waals surface area contributed by atoms with E-state index in [0.29, 0.717) is 26.0 Å². The van der Waals surface area contributed by atoms with E-state index in [1.54, 1.807) is 17.0 Å². The Morgan fingerprint density at radius 3 is 2.76 bits per heavy atom. The standard InChI is InChI=1S/C16H20FNO3/c1-2-3-14(11-19)18-8-9-21-15(16(18)20)10-12-4-6-13(17)7-5-12/h4-7,11,14-15H,2-3,8-10H2,1H3. The molecule has 5 heteroatoms. The number of ether oxygens (including phenoxy) is 1. The number of nitrogens with zero attached hydrogens (tertiary/aromatic N) is 1. The Hall–Kier alpha value is -1.75. The van der Waals surface area contributed by atoms with Crippen LogP contribution in [-0.4, -0.2) is 42.4 Å². The molecule has 1 heterocycles. The second-order valence-corrected chi connectivity index (χ2v) is 5.21. The van der Waals surface area contributed by atoms with Crippen LogP contribution < -0.4 is 0 Å². The number of hydrogen-bond donors (Lipinski definition) is 0. The summed E-state index contributed by atoms with van der Waals surface area (Å²) in [4.78, 5) is 25.2. The topological polar surface area (TPSA) is 46.6 Å². The number of carbonyl (C=O) groups excluding carboxylic acids is 2. The maximum atomic E-state index is 12.9. The van der Waals surface area contributed by atoms with E-state index in [1.165, 1.54) is 12.1 Å². The van der Waals surface area contributed by atoms with Crippen LogP contribution in [0.5, 0.6) is 0 Å². The summed E-state index contributed by atoms with van der Waals surface area (Å²) in [6.07, 6.45) is 2.15. The van der Waals surface area contributed by atoms with Gasteiger partial charge in [-0.05, 0) is 24.1 Å². The van der Waals surface area contributed by atoms with Gasteiger partial charge in [-0.2, -0.15) is 0 Å². The van der Waals surface area contributed by atoms with Gasteiger partial charge in [0, 0.05) is 13.0 Å². The summed E-state index contributed by atoms with van der Waals surface area (Å²) >= 11 is 0. The van der Waals surface area contributed by atoms with Crippen molar-refractivity contribution in [1.29, 1.82) is 0 Å². The van der Waals surface area contributed by atoms with Crippen molar-refractivity contribution < 1.29 is 18.7 Å². The predicted octanol–water partition coefficient (Wildman–Crippen LogP) is 1.96. The fourth-order valence-electron chi connectivity index (χ4n) is 2.56. The van der Waals surface area contributed by atoms with Crippen LogP contribution in [0, 0.1) is 5.82 Å². The Kier molecular flexibility index (Phi) is 5.44. The lowest BCUT2D eigenvalue weighted by Crippen LogP contribution is -2.53. The van der Waals surface area contributed by atoms with Crippen molar-refractivity contribution in [1.82, 2.24) is 4.90 Å². The molecule has 0 radical (unpaired) electrons. The lowest BCUT2D eigenvalue weighted by atomic mass is 10.0. The Morgan fingerprint density at radius 1 is 1.43 bits per heavy atom. The number of benzene rings is 1. The number of aldehydes is 1. The molecule has 1 amide bonds. The molecule has 0 aliphatic carbocycles. The summed E-state index contributed by atoms with van der Waals surface area (Å²) in [6.45, 7) is 2.85. The highest BCUT2D eigenvalue weighted by atomic mass is 19.1. The third-order valence-electron chi connectivity index (χ3n) is 3.69. The van der Waals surface area contributed by atoms with E-state index in [4.69, 9.17) is 4.74 Å². The van der Waals surface area contributed by atoms with Gasteiger partial charge >= 0.3 is 0 Å². The fourth-order valence-corrected chi connectivity index (χ4v) is 2.56. The molecule has 1 aromatic rings. The van der Waals surface area contributed by atoms with Crippen molar-refractivity contribution in [3.05, 3.63) is 35.6 Å². The largest absolute Gasteiger partial charge is 0.366 e. The highest BCUT2D eigenvalue weighted by Gasteiger charge is 2.33. The molecule has 2 atom stereocenters. The lowest BCUT2D eigenvalue weighted by molar-refractivity contribution is -0.157. The number of amides is 1. The van der Waals surface area contributed by atoms with Crippen molar-refractivity contribution in [3.63, 3.8) is 0 Å². The SMILES string of the molecule is CCCC(C=O)N1CCOC(Cc2ccc(F)cc2)C1=O. The van der Waals surface area contributed by atoms with E-state index < -0.39 is 6.10 Å². The van der Waals surface area contributed by atoms with Crippen molar-refractivity contribution in [2.75, 3.05) is 13.2 Å².